The SMILES string of the molecule is Cn1c(C(=O)NCC2(O)CCCCC2)ccc1[N+](=O)[O-]. The number of amides is 1. The minimum absolute atomic E-state index is 0.133. The van der Waals surface area contributed by atoms with Gasteiger partial charge in [0.2, 0.25) is 0 Å². The molecule has 0 radical (unpaired) electrons. The summed E-state index contributed by atoms with van der Waals surface area (Å²) in [6.07, 6.45) is 4.39. The van der Waals surface area contributed by atoms with Gasteiger partial charge in [0.05, 0.1) is 12.6 Å². The molecule has 0 saturated heterocycles. The summed E-state index contributed by atoms with van der Waals surface area (Å²) in [7, 11) is 1.47. The van der Waals surface area contributed by atoms with E-state index in [-0.39, 0.29) is 18.1 Å². The summed E-state index contributed by atoms with van der Waals surface area (Å²) in [5, 5.41) is 23.7. The van der Waals surface area contributed by atoms with Crippen molar-refractivity contribution in [2.45, 2.75) is 37.7 Å². The highest BCUT2D eigenvalue weighted by atomic mass is 16.6. The number of nitrogens with one attached hydrogen (secondary N) is 1. The number of hydrogen-bond donors (Lipinski definition) is 2. The van der Waals surface area contributed by atoms with Gasteiger partial charge in [-0.15, -0.1) is 0 Å². The summed E-state index contributed by atoms with van der Waals surface area (Å²) in [6.45, 7) is 0.185. The number of nitrogens with zero attached hydrogens (tertiary/aromatic N) is 2. The van der Waals surface area contributed by atoms with Crippen molar-refractivity contribution in [1.82, 2.24) is 9.88 Å². The quantitative estimate of drug-likeness (QED) is 0.643. The third-order valence-corrected chi connectivity index (χ3v) is 3.88. The number of aromatic nitrogens is 1. The Morgan fingerprint density at radius 1 is 1.45 bits per heavy atom. The second-order valence-corrected chi connectivity index (χ2v) is 5.36. The van der Waals surface area contributed by atoms with Gasteiger partial charge in [-0.25, -0.2) is 4.57 Å². The fourth-order valence-electron chi connectivity index (χ4n) is 2.63. The van der Waals surface area contributed by atoms with Crippen molar-refractivity contribution in [2.75, 3.05) is 6.54 Å². The van der Waals surface area contributed by atoms with Crippen molar-refractivity contribution in [3.8, 4) is 0 Å². The Morgan fingerprint density at radius 2 is 2.10 bits per heavy atom. The molecule has 0 spiro atoms. The molecule has 1 aliphatic carbocycles. The maximum Gasteiger partial charge on any atom is 0.323 e. The number of hydrogen-bond acceptors (Lipinski definition) is 4. The van der Waals surface area contributed by atoms with Crippen LogP contribution in [0.4, 0.5) is 5.82 Å². The van der Waals surface area contributed by atoms with Crippen LogP contribution in [0.1, 0.15) is 42.6 Å². The van der Waals surface area contributed by atoms with E-state index in [1.54, 1.807) is 0 Å². The van der Waals surface area contributed by atoms with Crippen LogP contribution in [-0.2, 0) is 7.05 Å². The Labute approximate surface area is 116 Å². The fourth-order valence-corrected chi connectivity index (χ4v) is 2.63. The zero-order valence-electron chi connectivity index (χ0n) is 11.5. The number of rotatable bonds is 4. The molecule has 1 heterocycles. The van der Waals surface area contributed by atoms with Gasteiger partial charge >= 0.3 is 5.82 Å². The molecular weight excluding hydrogens is 262 g/mol. The lowest BCUT2D eigenvalue weighted by Gasteiger charge is -2.31. The number of nitro groups is 1. The van der Waals surface area contributed by atoms with Crippen LogP contribution in [-0.4, -0.2) is 32.6 Å². The maximum absolute atomic E-state index is 12.0. The van der Waals surface area contributed by atoms with Gasteiger partial charge in [0.15, 0.2) is 5.69 Å². The van der Waals surface area contributed by atoms with Gasteiger partial charge in [-0.3, -0.25) is 4.79 Å². The normalized spacial score (nSPS) is 17.7. The van der Waals surface area contributed by atoms with Crippen LogP contribution in [0.5, 0.6) is 0 Å². The van der Waals surface area contributed by atoms with Crippen LogP contribution in [0.25, 0.3) is 0 Å². The average molecular weight is 281 g/mol. The van der Waals surface area contributed by atoms with E-state index in [1.807, 2.05) is 0 Å². The minimum Gasteiger partial charge on any atom is -0.388 e. The Bertz CT molecular complexity index is 518. The van der Waals surface area contributed by atoms with E-state index in [0.717, 1.165) is 19.3 Å². The first kappa shape index (κ1) is 14.5. The average Bonchev–Trinajstić information content (AvgIpc) is 2.79. The van der Waals surface area contributed by atoms with Crippen LogP contribution in [0, 0.1) is 10.1 Å². The third-order valence-electron chi connectivity index (χ3n) is 3.88. The summed E-state index contributed by atoms with van der Waals surface area (Å²) < 4.78 is 1.24. The van der Waals surface area contributed by atoms with Crippen LogP contribution in [0.15, 0.2) is 12.1 Å². The Balaban J connectivity index is 2.00. The lowest BCUT2D eigenvalue weighted by Crippen LogP contribution is -2.44. The molecule has 7 nitrogen and oxygen atoms in total. The molecule has 0 unspecified atom stereocenters. The zero-order valence-corrected chi connectivity index (χ0v) is 11.5. The second-order valence-electron chi connectivity index (χ2n) is 5.36. The van der Waals surface area contributed by atoms with Gasteiger partial charge in [0.25, 0.3) is 5.91 Å². The monoisotopic (exact) mass is 281 g/mol. The van der Waals surface area contributed by atoms with Crippen LogP contribution < -0.4 is 5.32 Å². The van der Waals surface area contributed by atoms with E-state index < -0.39 is 16.4 Å². The summed E-state index contributed by atoms with van der Waals surface area (Å²) >= 11 is 0. The minimum atomic E-state index is -0.842. The second kappa shape index (κ2) is 5.62. The molecule has 2 N–H and O–H groups in total. The van der Waals surface area contributed by atoms with Gasteiger partial charge in [0, 0.05) is 12.6 Å². The van der Waals surface area contributed by atoms with Crippen molar-refractivity contribution in [1.29, 1.82) is 0 Å². The van der Waals surface area contributed by atoms with Crippen LogP contribution in [0.3, 0.4) is 0 Å². The van der Waals surface area contributed by atoms with E-state index >= 15 is 0 Å². The Hall–Kier alpha value is -1.89. The van der Waals surface area contributed by atoms with Gasteiger partial charge in [-0.05, 0) is 23.8 Å². The molecule has 1 aromatic heterocycles. The Kier molecular flexibility index (Phi) is 4.08. The summed E-state index contributed by atoms with van der Waals surface area (Å²) in [5.74, 6) is -0.536. The van der Waals surface area contributed by atoms with E-state index in [2.05, 4.69) is 5.32 Å². The van der Waals surface area contributed by atoms with E-state index in [4.69, 9.17) is 0 Å². The molecule has 20 heavy (non-hydrogen) atoms. The van der Waals surface area contributed by atoms with Gasteiger partial charge in [-0.1, -0.05) is 19.3 Å². The van der Waals surface area contributed by atoms with Crippen molar-refractivity contribution in [2.24, 2.45) is 7.05 Å². The number of carbonyl (C=O) groups is 1. The molecule has 1 saturated carbocycles. The van der Waals surface area contributed by atoms with Gasteiger partial charge in [-0.2, -0.15) is 0 Å². The molecule has 110 valence electrons. The molecular formula is C13H19N3O4. The first-order valence-electron chi connectivity index (χ1n) is 6.74. The van der Waals surface area contributed by atoms with Crippen molar-refractivity contribution in [3.05, 3.63) is 27.9 Å². The Morgan fingerprint density at radius 3 is 2.65 bits per heavy atom. The molecule has 0 bridgehead atoms. The first-order valence-corrected chi connectivity index (χ1v) is 6.74. The third kappa shape index (κ3) is 2.98. The highest BCUT2D eigenvalue weighted by Crippen LogP contribution is 2.27. The summed E-state index contributed by atoms with van der Waals surface area (Å²) in [4.78, 5) is 22.2. The lowest BCUT2D eigenvalue weighted by molar-refractivity contribution is -0.391. The van der Waals surface area contributed by atoms with Gasteiger partial charge < -0.3 is 20.5 Å². The molecule has 1 aliphatic rings. The predicted octanol–water partition coefficient (Wildman–Crippen LogP) is 1.36. The largest absolute Gasteiger partial charge is 0.388 e. The van der Waals surface area contributed by atoms with Gasteiger partial charge in [0.1, 0.15) is 0 Å². The molecule has 0 atom stereocenters. The van der Waals surface area contributed by atoms with Crippen LogP contribution >= 0.6 is 0 Å². The van der Waals surface area contributed by atoms with E-state index in [0.29, 0.717) is 12.8 Å². The summed E-state index contributed by atoms with van der Waals surface area (Å²) in [6, 6.07) is 2.71. The topological polar surface area (TPSA) is 97.4 Å². The maximum atomic E-state index is 12.0. The van der Waals surface area contributed by atoms with E-state index in [1.165, 1.54) is 23.7 Å². The molecule has 0 aromatic carbocycles. The molecule has 1 amide bonds. The number of aliphatic hydroxyl groups is 1. The highest BCUT2D eigenvalue weighted by molar-refractivity contribution is 5.93. The fraction of sp³-hybridized carbons (Fsp3) is 0.615. The standard InChI is InChI=1S/C13H19N3O4/c1-15-10(5-6-11(15)16(19)20)12(17)14-9-13(18)7-3-2-4-8-13/h5-6,18H,2-4,7-9H2,1H3,(H,14,17). The van der Waals surface area contributed by atoms with Crippen molar-refractivity contribution < 1.29 is 14.8 Å². The zero-order chi connectivity index (χ0) is 14.8. The molecule has 7 heteroatoms. The van der Waals surface area contributed by atoms with Crippen molar-refractivity contribution >= 4 is 11.7 Å². The van der Waals surface area contributed by atoms with Crippen molar-refractivity contribution in [3.63, 3.8) is 0 Å². The summed E-state index contributed by atoms with van der Waals surface area (Å²) in [5.41, 5.74) is -0.624. The first-order chi connectivity index (χ1) is 9.43. The molecule has 2 rings (SSSR count). The lowest BCUT2D eigenvalue weighted by atomic mass is 9.85. The molecule has 1 aromatic rings. The number of carbonyl (C=O) groups excluding carboxylic acids is 1. The van der Waals surface area contributed by atoms with E-state index in [9.17, 15) is 20.0 Å². The molecule has 1 fully saturated rings. The predicted molar refractivity (Wildman–Crippen MR) is 72.4 cm³/mol. The molecule has 0 aliphatic heterocycles. The highest BCUT2D eigenvalue weighted by Gasteiger charge is 2.30. The smallest absolute Gasteiger partial charge is 0.323 e. The van der Waals surface area contributed by atoms with Crippen LogP contribution in [0.2, 0.25) is 0 Å².